The van der Waals surface area contributed by atoms with Crippen LogP contribution in [0, 0.1) is 5.92 Å². The summed E-state index contributed by atoms with van der Waals surface area (Å²) in [5.74, 6) is -0.775. The SMILES string of the molecule is CC(C)C1(C(=O)NCc2cc(C(F)(F)F)cc(C(F)(F)F)c2)CCC(N2CCC3(C=Cc4ccccc43)CC2)CO1. The van der Waals surface area contributed by atoms with Crippen molar-refractivity contribution in [3.05, 3.63) is 76.4 Å². The molecule has 0 radical (unpaired) electrons. The van der Waals surface area contributed by atoms with Gasteiger partial charge in [-0.3, -0.25) is 9.69 Å². The first-order chi connectivity index (χ1) is 19.2. The molecule has 1 amide bonds. The Hall–Kier alpha value is -2.85. The molecule has 2 aromatic rings. The van der Waals surface area contributed by atoms with Crippen molar-refractivity contribution < 1.29 is 35.9 Å². The van der Waals surface area contributed by atoms with E-state index < -0.39 is 41.5 Å². The minimum Gasteiger partial charge on any atom is -0.363 e. The van der Waals surface area contributed by atoms with Crippen LogP contribution in [-0.2, 0) is 33.8 Å². The summed E-state index contributed by atoms with van der Waals surface area (Å²) < 4.78 is 85.8. The highest BCUT2D eigenvalue weighted by Gasteiger charge is 2.48. The summed E-state index contributed by atoms with van der Waals surface area (Å²) >= 11 is 0. The minimum atomic E-state index is -4.95. The number of nitrogens with zero attached hydrogens (tertiary/aromatic N) is 1. The number of likely N-dealkylation sites (tertiary alicyclic amines) is 1. The van der Waals surface area contributed by atoms with Gasteiger partial charge in [0, 0.05) is 18.0 Å². The van der Waals surface area contributed by atoms with Gasteiger partial charge in [0.05, 0.1) is 17.7 Å². The number of carbonyl (C=O) groups is 1. The first-order valence-electron chi connectivity index (χ1n) is 14.0. The number of fused-ring (bicyclic) bond motifs is 2. The second-order valence-electron chi connectivity index (χ2n) is 11.8. The quantitative estimate of drug-likeness (QED) is 0.389. The van der Waals surface area contributed by atoms with Crippen LogP contribution in [0.15, 0.2) is 48.5 Å². The van der Waals surface area contributed by atoms with Crippen molar-refractivity contribution in [3.63, 3.8) is 0 Å². The number of amides is 1. The van der Waals surface area contributed by atoms with E-state index in [-0.39, 0.29) is 29.0 Å². The highest BCUT2D eigenvalue weighted by molar-refractivity contribution is 5.85. The number of ether oxygens (including phenoxy) is 1. The van der Waals surface area contributed by atoms with Crippen LogP contribution in [0.1, 0.15) is 67.3 Å². The van der Waals surface area contributed by atoms with Crippen LogP contribution in [0.2, 0.25) is 0 Å². The highest BCUT2D eigenvalue weighted by Crippen LogP contribution is 2.45. The number of hydrogen-bond donors (Lipinski definition) is 1. The zero-order valence-electron chi connectivity index (χ0n) is 23.0. The standard InChI is InChI=1S/C31H34F6N2O2/c1-20(2)29(27(40)38-18-21-15-23(30(32,33)34)17-24(16-21)31(35,36)37)10-8-25(19-41-29)39-13-11-28(12-14-39)9-7-22-5-3-4-6-26(22)28/h3-7,9,15-17,20,25H,8,10-14,18-19H2,1-2H3,(H,38,40). The summed E-state index contributed by atoms with van der Waals surface area (Å²) in [6.45, 7) is 5.30. The fourth-order valence-electron chi connectivity index (χ4n) is 6.58. The molecule has 5 rings (SSSR count). The lowest BCUT2D eigenvalue weighted by Gasteiger charge is -2.47. The molecule has 4 nitrogen and oxygen atoms in total. The Morgan fingerprint density at radius 3 is 2.20 bits per heavy atom. The van der Waals surface area contributed by atoms with Crippen molar-refractivity contribution in [3.8, 4) is 0 Å². The fourth-order valence-corrected chi connectivity index (χ4v) is 6.58. The summed E-state index contributed by atoms with van der Waals surface area (Å²) in [5, 5.41) is 2.57. The number of nitrogens with one attached hydrogen (secondary N) is 1. The van der Waals surface area contributed by atoms with E-state index in [4.69, 9.17) is 4.74 Å². The van der Waals surface area contributed by atoms with Crippen molar-refractivity contribution in [1.29, 1.82) is 0 Å². The number of carbonyl (C=O) groups excluding carboxylic acids is 1. The van der Waals surface area contributed by atoms with Crippen LogP contribution in [0.5, 0.6) is 0 Å². The summed E-state index contributed by atoms with van der Waals surface area (Å²) in [7, 11) is 0. The number of alkyl halides is 6. The van der Waals surface area contributed by atoms with Crippen molar-refractivity contribution in [1.82, 2.24) is 10.2 Å². The maximum absolute atomic E-state index is 13.4. The molecular weight excluding hydrogens is 546 g/mol. The molecule has 0 saturated carbocycles. The van der Waals surface area contributed by atoms with E-state index >= 15 is 0 Å². The molecule has 2 aliphatic heterocycles. The molecule has 41 heavy (non-hydrogen) atoms. The number of rotatable bonds is 5. The van der Waals surface area contributed by atoms with Crippen LogP contribution >= 0.6 is 0 Å². The number of halogens is 6. The molecule has 2 unspecified atom stereocenters. The van der Waals surface area contributed by atoms with E-state index in [2.05, 4.69) is 40.6 Å². The van der Waals surface area contributed by atoms with Crippen LogP contribution in [0.3, 0.4) is 0 Å². The molecule has 10 heteroatoms. The Morgan fingerprint density at radius 2 is 1.63 bits per heavy atom. The van der Waals surface area contributed by atoms with Gasteiger partial charge in [-0.2, -0.15) is 26.3 Å². The molecule has 2 saturated heterocycles. The van der Waals surface area contributed by atoms with Gasteiger partial charge in [0.1, 0.15) is 5.60 Å². The average Bonchev–Trinajstić information content (AvgIpc) is 3.29. The van der Waals surface area contributed by atoms with Crippen LogP contribution in [0.25, 0.3) is 6.08 Å². The van der Waals surface area contributed by atoms with Gasteiger partial charge in [0.2, 0.25) is 0 Å². The Balaban J connectivity index is 1.22. The third-order valence-corrected chi connectivity index (χ3v) is 9.09. The number of benzene rings is 2. The minimum absolute atomic E-state index is 0.0552. The maximum Gasteiger partial charge on any atom is 0.416 e. The van der Waals surface area contributed by atoms with Gasteiger partial charge in [-0.25, -0.2) is 0 Å². The molecule has 1 spiro atoms. The van der Waals surface area contributed by atoms with E-state index in [1.165, 1.54) is 11.1 Å². The lowest BCUT2D eigenvalue weighted by molar-refractivity contribution is -0.170. The molecule has 2 fully saturated rings. The molecule has 0 bridgehead atoms. The van der Waals surface area contributed by atoms with Crippen molar-refractivity contribution >= 4 is 12.0 Å². The molecule has 2 aromatic carbocycles. The van der Waals surface area contributed by atoms with Gasteiger partial charge in [-0.05, 0) is 79.6 Å². The zero-order chi connectivity index (χ0) is 29.6. The first-order valence-corrected chi connectivity index (χ1v) is 14.0. The van der Waals surface area contributed by atoms with Gasteiger partial charge in [-0.1, -0.05) is 50.3 Å². The average molecular weight is 581 g/mol. The van der Waals surface area contributed by atoms with Gasteiger partial charge < -0.3 is 10.1 Å². The van der Waals surface area contributed by atoms with E-state index in [1.807, 2.05) is 19.9 Å². The van der Waals surface area contributed by atoms with E-state index in [9.17, 15) is 31.1 Å². The summed E-state index contributed by atoms with van der Waals surface area (Å²) in [6.07, 6.45) is -2.29. The normalized spacial score (nSPS) is 24.6. The van der Waals surface area contributed by atoms with Gasteiger partial charge >= 0.3 is 12.4 Å². The second-order valence-corrected chi connectivity index (χ2v) is 11.8. The fraction of sp³-hybridized carbons (Fsp3) is 0.516. The molecule has 2 heterocycles. The maximum atomic E-state index is 13.4. The van der Waals surface area contributed by atoms with Crippen LogP contribution in [-0.4, -0.2) is 42.1 Å². The molecular formula is C31H34F6N2O2. The molecule has 0 aromatic heterocycles. The Morgan fingerprint density at radius 1 is 1.00 bits per heavy atom. The molecule has 2 atom stereocenters. The lowest BCUT2D eigenvalue weighted by Crippen LogP contribution is -2.59. The zero-order valence-corrected chi connectivity index (χ0v) is 23.0. The Bertz CT molecular complexity index is 1270. The predicted octanol–water partition coefficient (Wildman–Crippen LogP) is 6.97. The predicted molar refractivity (Wildman–Crippen MR) is 143 cm³/mol. The monoisotopic (exact) mass is 580 g/mol. The number of hydrogen-bond acceptors (Lipinski definition) is 3. The summed E-state index contributed by atoms with van der Waals surface area (Å²) in [5.41, 5.74) is -1.61. The Kier molecular flexibility index (Phi) is 7.78. The van der Waals surface area contributed by atoms with Gasteiger partial charge in [0.15, 0.2) is 0 Å². The van der Waals surface area contributed by atoms with Gasteiger partial charge in [0.25, 0.3) is 5.91 Å². The van der Waals surface area contributed by atoms with E-state index in [0.29, 0.717) is 31.6 Å². The molecule has 3 aliphatic rings. The number of piperidine rings is 1. The topological polar surface area (TPSA) is 41.6 Å². The third-order valence-electron chi connectivity index (χ3n) is 9.09. The summed E-state index contributed by atoms with van der Waals surface area (Å²) in [4.78, 5) is 15.8. The molecule has 1 N–H and O–H groups in total. The van der Waals surface area contributed by atoms with Crippen molar-refractivity contribution in [2.75, 3.05) is 19.7 Å². The highest BCUT2D eigenvalue weighted by atomic mass is 19.4. The van der Waals surface area contributed by atoms with Crippen molar-refractivity contribution in [2.24, 2.45) is 5.92 Å². The largest absolute Gasteiger partial charge is 0.416 e. The number of allylic oxidation sites excluding steroid dienone is 1. The lowest BCUT2D eigenvalue weighted by atomic mass is 9.74. The third kappa shape index (κ3) is 5.78. The second kappa shape index (κ2) is 10.8. The van der Waals surface area contributed by atoms with Gasteiger partial charge in [-0.15, -0.1) is 0 Å². The van der Waals surface area contributed by atoms with Crippen LogP contribution < -0.4 is 5.32 Å². The van der Waals surface area contributed by atoms with Crippen LogP contribution in [0.4, 0.5) is 26.3 Å². The Labute approximate surface area is 235 Å². The van der Waals surface area contributed by atoms with E-state index in [1.54, 1.807) is 0 Å². The van der Waals surface area contributed by atoms with E-state index in [0.717, 1.165) is 25.9 Å². The summed E-state index contributed by atoms with van der Waals surface area (Å²) in [6, 6.07) is 9.95. The van der Waals surface area contributed by atoms with Crippen molar-refractivity contribution in [2.45, 2.75) is 75.5 Å². The molecule has 222 valence electrons. The smallest absolute Gasteiger partial charge is 0.363 e. The first kappa shape index (κ1) is 29.6. The molecule has 1 aliphatic carbocycles.